The highest BCUT2D eigenvalue weighted by Gasteiger charge is 2.26. The molecule has 1 aliphatic heterocycles. The van der Waals surface area contributed by atoms with Crippen molar-refractivity contribution in [3.8, 4) is 5.88 Å². The maximum Gasteiger partial charge on any atom is 0.343 e. The number of pyridine rings is 1. The number of nitrogens with zero attached hydrogens (tertiary/aromatic N) is 3. The van der Waals surface area contributed by atoms with Crippen LogP contribution < -0.4 is 4.74 Å². The summed E-state index contributed by atoms with van der Waals surface area (Å²) in [5.74, 6) is -0.129. The van der Waals surface area contributed by atoms with Crippen LogP contribution in [-0.4, -0.2) is 67.2 Å². The maximum absolute atomic E-state index is 11.9. The zero-order valence-electron chi connectivity index (χ0n) is 18.7. The molecule has 0 radical (unpaired) electrons. The van der Waals surface area contributed by atoms with Crippen molar-refractivity contribution in [1.82, 2.24) is 14.8 Å². The number of carbonyl (C=O) groups excluding carboxylic acids is 1. The first-order chi connectivity index (χ1) is 16.2. The fraction of sp³-hybridized carbons (Fsp3) is 0.308. The summed E-state index contributed by atoms with van der Waals surface area (Å²) in [4.78, 5) is 21.0. The van der Waals surface area contributed by atoms with E-state index in [1.807, 2.05) is 18.2 Å². The van der Waals surface area contributed by atoms with E-state index in [-0.39, 0.29) is 6.04 Å². The van der Waals surface area contributed by atoms with Crippen molar-refractivity contribution < 1.29 is 14.3 Å². The summed E-state index contributed by atoms with van der Waals surface area (Å²) >= 11 is 6.13. The molecule has 2 heterocycles. The molecular formula is C26H28ClN3O3. The summed E-state index contributed by atoms with van der Waals surface area (Å²) < 4.78 is 10.6. The molecule has 1 saturated heterocycles. The van der Waals surface area contributed by atoms with Gasteiger partial charge in [0.1, 0.15) is 12.2 Å². The number of esters is 1. The molecule has 172 valence electrons. The molecule has 1 aromatic heterocycles. The Hall–Kier alpha value is -2.93. The second-order valence-corrected chi connectivity index (χ2v) is 8.37. The molecule has 7 heteroatoms. The van der Waals surface area contributed by atoms with E-state index in [9.17, 15) is 4.79 Å². The highest BCUT2D eigenvalue weighted by molar-refractivity contribution is 6.30. The van der Waals surface area contributed by atoms with Crippen molar-refractivity contribution in [2.75, 3.05) is 46.4 Å². The smallest absolute Gasteiger partial charge is 0.343 e. The first kappa shape index (κ1) is 23.2. The number of benzene rings is 2. The Kier molecular flexibility index (Phi) is 7.94. The van der Waals surface area contributed by atoms with Crippen LogP contribution in [0.4, 0.5) is 0 Å². The standard InChI is InChI=1S/C26H28ClN3O3/c1-32-26(31)23-8-5-13-28-25(23)33-19-18-29-14-16-30(17-15-29)24(20-6-3-2-4-7-20)21-9-11-22(27)12-10-21/h2-13,24H,14-19H2,1H3. The Morgan fingerprint density at radius 1 is 0.970 bits per heavy atom. The second-order valence-electron chi connectivity index (χ2n) is 7.94. The third-order valence-corrected chi connectivity index (χ3v) is 6.15. The van der Waals surface area contributed by atoms with Crippen molar-refractivity contribution in [3.05, 3.63) is 94.6 Å². The van der Waals surface area contributed by atoms with E-state index < -0.39 is 5.97 Å². The average Bonchev–Trinajstić information content (AvgIpc) is 2.87. The third kappa shape index (κ3) is 5.90. The van der Waals surface area contributed by atoms with Gasteiger partial charge in [-0.15, -0.1) is 0 Å². The van der Waals surface area contributed by atoms with Gasteiger partial charge in [0.2, 0.25) is 5.88 Å². The van der Waals surface area contributed by atoms with Gasteiger partial charge in [-0.3, -0.25) is 9.80 Å². The highest BCUT2D eigenvalue weighted by atomic mass is 35.5. The number of hydrogen-bond acceptors (Lipinski definition) is 6. The van der Waals surface area contributed by atoms with Crippen LogP contribution in [0.2, 0.25) is 5.02 Å². The zero-order valence-corrected chi connectivity index (χ0v) is 19.4. The molecule has 4 rings (SSSR count). The average molecular weight is 466 g/mol. The molecule has 1 fully saturated rings. The van der Waals surface area contributed by atoms with E-state index >= 15 is 0 Å². The van der Waals surface area contributed by atoms with E-state index in [4.69, 9.17) is 21.1 Å². The molecule has 0 spiro atoms. The molecule has 1 unspecified atom stereocenters. The van der Waals surface area contributed by atoms with Gasteiger partial charge in [-0.05, 0) is 35.4 Å². The van der Waals surface area contributed by atoms with Gasteiger partial charge in [0.05, 0.1) is 13.2 Å². The molecule has 0 aliphatic carbocycles. The SMILES string of the molecule is COC(=O)c1cccnc1OCCN1CCN(C(c2ccccc2)c2ccc(Cl)cc2)CC1. The number of aromatic nitrogens is 1. The van der Waals surface area contributed by atoms with Crippen LogP contribution in [0.15, 0.2) is 72.9 Å². The number of halogens is 1. The number of ether oxygens (including phenoxy) is 2. The molecule has 0 bridgehead atoms. The van der Waals surface area contributed by atoms with Crippen molar-refractivity contribution in [2.24, 2.45) is 0 Å². The Bertz CT molecular complexity index is 1040. The largest absolute Gasteiger partial charge is 0.476 e. The summed E-state index contributed by atoms with van der Waals surface area (Å²) in [7, 11) is 1.35. The van der Waals surface area contributed by atoms with Gasteiger partial charge in [-0.2, -0.15) is 0 Å². The summed E-state index contributed by atoms with van der Waals surface area (Å²) in [6, 6.07) is 22.3. The minimum Gasteiger partial charge on any atom is -0.476 e. The van der Waals surface area contributed by atoms with Crippen LogP contribution in [0.3, 0.4) is 0 Å². The van der Waals surface area contributed by atoms with Crippen LogP contribution in [0, 0.1) is 0 Å². The zero-order chi connectivity index (χ0) is 23.0. The number of hydrogen-bond donors (Lipinski definition) is 0. The summed E-state index contributed by atoms with van der Waals surface area (Å²) in [5, 5.41) is 0.749. The Balaban J connectivity index is 1.35. The monoisotopic (exact) mass is 465 g/mol. The predicted molar refractivity (Wildman–Crippen MR) is 129 cm³/mol. The van der Waals surface area contributed by atoms with Crippen molar-refractivity contribution >= 4 is 17.6 Å². The minimum atomic E-state index is -0.444. The van der Waals surface area contributed by atoms with Crippen molar-refractivity contribution in [1.29, 1.82) is 0 Å². The predicted octanol–water partition coefficient (Wildman–Crippen LogP) is 4.31. The van der Waals surface area contributed by atoms with Gasteiger partial charge in [-0.1, -0.05) is 54.1 Å². The molecular weight excluding hydrogens is 438 g/mol. The Labute approximate surface area is 199 Å². The Morgan fingerprint density at radius 3 is 2.36 bits per heavy atom. The lowest BCUT2D eigenvalue weighted by atomic mass is 9.96. The van der Waals surface area contributed by atoms with Gasteiger partial charge < -0.3 is 9.47 Å². The van der Waals surface area contributed by atoms with E-state index in [1.54, 1.807) is 18.3 Å². The van der Waals surface area contributed by atoms with E-state index in [0.29, 0.717) is 18.1 Å². The van der Waals surface area contributed by atoms with E-state index in [2.05, 4.69) is 51.2 Å². The normalized spacial score (nSPS) is 15.7. The first-order valence-corrected chi connectivity index (χ1v) is 11.5. The molecule has 0 saturated carbocycles. The van der Waals surface area contributed by atoms with Crippen molar-refractivity contribution in [2.45, 2.75) is 6.04 Å². The second kappa shape index (κ2) is 11.3. The summed E-state index contributed by atoms with van der Waals surface area (Å²) in [5.41, 5.74) is 2.87. The molecule has 1 aliphatic rings. The number of piperazine rings is 1. The lowest BCUT2D eigenvalue weighted by Gasteiger charge is -2.39. The minimum absolute atomic E-state index is 0.193. The molecule has 2 aromatic carbocycles. The maximum atomic E-state index is 11.9. The number of rotatable bonds is 8. The van der Waals surface area contributed by atoms with Gasteiger partial charge in [0.25, 0.3) is 0 Å². The first-order valence-electron chi connectivity index (χ1n) is 11.1. The molecule has 1 atom stereocenters. The topological polar surface area (TPSA) is 54.9 Å². The number of carbonyl (C=O) groups is 1. The quantitative estimate of drug-likeness (QED) is 0.462. The van der Waals surface area contributed by atoms with Crippen LogP contribution in [0.5, 0.6) is 5.88 Å². The Morgan fingerprint density at radius 2 is 1.67 bits per heavy atom. The third-order valence-electron chi connectivity index (χ3n) is 5.90. The molecule has 6 nitrogen and oxygen atoms in total. The van der Waals surface area contributed by atoms with Gasteiger partial charge in [0.15, 0.2) is 0 Å². The van der Waals surface area contributed by atoms with Gasteiger partial charge in [0, 0.05) is 43.9 Å². The molecule has 33 heavy (non-hydrogen) atoms. The van der Waals surface area contributed by atoms with Gasteiger partial charge in [-0.25, -0.2) is 9.78 Å². The van der Waals surface area contributed by atoms with Crippen molar-refractivity contribution in [3.63, 3.8) is 0 Å². The fourth-order valence-electron chi connectivity index (χ4n) is 4.18. The fourth-order valence-corrected chi connectivity index (χ4v) is 4.31. The van der Waals surface area contributed by atoms with Crippen LogP contribution in [0.25, 0.3) is 0 Å². The van der Waals surface area contributed by atoms with Crippen LogP contribution >= 0.6 is 11.6 Å². The van der Waals surface area contributed by atoms with Crippen LogP contribution in [-0.2, 0) is 4.74 Å². The lowest BCUT2D eigenvalue weighted by molar-refractivity contribution is 0.0592. The lowest BCUT2D eigenvalue weighted by Crippen LogP contribution is -2.48. The summed E-state index contributed by atoms with van der Waals surface area (Å²) in [6.45, 7) is 4.99. The van der Waals surface area contributed by atoms with E-state index in [0.717, 1.165) is 37.7 Å². The highest BCUT2D eigenvalue weighted by Crippen LogP contribution is 2.30. The molecule has 3 aromatic rings. The number of methoxy groups -OCH3 is 1. The molecule has 0 N–H and O–H groups in total. The van der Waals surface area contributed by atoms with Crippen LogP contribution in [0.1, 0.15) is 27.5 Å². The molecule has 0 amide bonds. The van der Waals surface area contributed by atoms with Gasteiger partial charge >= 0.3 is 5.97 Å². The van der Waals surface area contributed by atoms with E-state index in [1.165, 1.54) is 18.2 Å². The summed E-state index contributed by atoms with van der Waals surface area (Å²) in [6.07, 6.45) is 1.61.